The lowest BCUT2D eigenvalue weighted by molar-refractivity contribution is 0.0691. The van der Waals surface area contributed by atoms with Crippen molar-refractivity contribution in [2.45, 2.75) is 13.0 Å². The monoisotopic (exact) mass is 197 g/mol. The number of imidazole rings is 1. The number of carbonyl (C=O) groups is 1. The summed E-state index contributed by atoms with van der Waals surface area (Å²) in [7, 11) is 4.02. The Morgan fingerprint density at radius 3 is 2.86 bits per heavy atom. The molecule has 0 aromatic carbocycles. The zero-order valence-electron chi connectivity index (χ0n) is 8.47. The molecule has 5 heteroatoms. The summed E-state index contributed by atoms with van der Waals surface area (Å²) in [6.07, 6.45) is 4.10. The first kappa shape index (κ1) is 10.7. The van der Waals surface area contributed by atoms with E-state index in [2.05, 4.69) is 9.88 Å². The molecule has 1 heterocycles. The Morgan fingerprint density at radius 1 is 1.64 bits per heavy atom. The Hall–Kier alpha value is -1.36. The summed E-state index contributed by atoms with van der Waals surface area (Å²) in [5.74, 6) is -0.976. The van der Waals surface area contributed by atoms with Crippen LogP contribution in [0.25, 0.3) is 0 Å². The van der Waals surface area contributed by atoms with E-state index in [1.54, 1.807) is 17.1 Å². The van der Waals surface area contributed by atoms with E-state index in [0.717, 1.165) is 19.5 Å². The number of carboxylic acid groups (broad SMARTS) is 1. The fraction of sp³-hybridized carbons (Fsp3) is 0.556. The molecule has 0 amide bonds. The van der Waals surface area contributed by atoms with Gasteiger partial charge in [0.1, 0.15) is 0 Å². The van der Waals surface area contributed by atoms with Gasteiger partial charge in [0.05, 0.1) is 6.33 Å². The topological polar surface area (TPSA) is 58.4 Å². The van der Waals surface area contributed by atoms with E-state index in [-0.39, 0.29) is 5.69 Å². The Balaban J connectivity index is 2.40. The highest BCUT2D eigenvalue weighted by molar-refractivity contribution is 5.84. The third kappa shape index (κ3) is 3.18. The summed E-state index contributed by atoms with van der Waals surface area (Å²) in [5.41, 5.74) is 0.106. The first-order valence-electron chi connectivity index (χ1n) is 4.49. The van der Waals surface area contributed by atoms with Gasteiger partial charge in [-0.05, 0) is 27.1 Å². The van der Waals surface area contributed by atoms with Gasteiger partial charge in [0.2, 0.25) is 0 Å². The number of rotatable bonds is 5. The number of aromatic nitrogens is 2. The molecule has 5 nitrogen and oxygen atoms in total. The van der Waals surface area contributed by atoms with Gasteiger partial charge in [-0.15, -0.1) is 0 Å². The molecule has 0 aliphatic heterocycles. The molecule has 1 N–H and O–H groups in total. The molecule has 0 radical (unpaired) electrons. The molecule has 14 heavy (non-hydrogen) atoms. The Kier molecular flexibility index (Phi) is 3.64. The van der Waals surface area contributed by atoms with Crippen molar-refractivity contribution in [3.63, 3.8) is 0 Å². The molecule has 1 aromatic rings. The number of nitrogens with zero attached hydrogens (tertiary/aromatic N) is 3. The van der Waals surface area contributed by atoms with Gasteiger partial charge in [0.15, 0.2) is 5.69 Å². The predicted octanol–water partition coefficient (Wildman–Crippen LogP) is 0.533. The van der Waals surface area contributed by atoms with Crippen molar-refractivity contribution in [2.75, 3.05) is 20.6 Å². The van der Waals surface area contributed by atoms with Gasteiger partial charge in [-0.2, -0.15) is 0 Å². The number of aromatic carboxylic acids is 1. The van der Waals surface area contributed by atoms with Crippen molar-refractivity contribution in [2.24, 2.45) is 0 Å². The maximum atomic E-state index is 10.5. The first-order valence-corrected chi connectivity index (χ1v) is 4.49. The van der Waals surface area contributed by atoms with Gasteiger partial charge in [0, 0.05) is 12.7 Å². The molecule has 0 fully saturated rings. The third-order valence-corrected chi connectivity index (χ3v) is 1.87. The van der Waals surface area contributed by atoms with Crippen LogP contribution < -0.4 is 0 Å². The molecule has 1 rings (SSSR count). The second kappa shape index (κ2) is 4.76. The second-order valence-electron chi connectivity index (χ2n) is 3.46. The zero-order valence-corrected chi connectivity index (χ0v) is 8.47. The van der Waals surface area contributed by atoms with Crippen LogP contribution in [0.3, 0.4) is 0 Å². The van der Waals surface area contributed by atoms with E-state index in [4.69, 9.17) is 5.11 Å². The standard InChI is InChI=1S/C9H15N3O2/c1-11(2)4-3-5-12-6-8(9(13)14)10-7-12/h6-7H,3-5H2,1-2H3,(H,13,14). The Labute approximate surface area is 83.0 Å². The average molecular weight is 197 g/mol. The van der Waals surface area contributed by atoms with Crippen molar-refractivity contribution in [3.05, 3.63) is 18.2 Å². The SMILES string of the molecule is CN(C)CCCn1cnc(C(=O)O)c1. The lowest BCUT2D eigenvalue weighted by Gasteiger charge is -2.08. The molecule has 0 atom stereocenters. The molecule has 0 saturated heterocycles. The number of carboxylic acids is 1. The van der Waals surface area contributed by atoms with Gasteiger partial charge < -0.3 is 14.6 Å². The van der Waals surface area contributed by atoms with E-state index in [1.165, 1.54) is 0 Å². The van der Waals surface area contributed by atoms with Gasteiger partial charge in [-0.3, -0.25) is 0 Å². The van der Waals surface area contributed by atoms with E-state index in [9.17, 15) is 4.79 Å². The first-order chi connectivity index (χ1) is 6.59. The van der Waals surface area contributed by atoms with Crippen LogP contribution in [0.1, 0.15) is 16.9 Å². The molecule has 0 aliphatic carbocycles. The highest BCUT2D eigenvalue weighted by atomic mass is 16.4. The quantitative estimate of drug-likeness (QED) is 0.748. The third-order valence-electron chi connectivity index (χ3n) is 1.87. The van der Waals surface area contributed by atoms with Crippen molar-refractivity contribution in [3.8, 4) is 0 Å². The zero-order chi connectivity index (χ0) is 10.6. The van der Waals surface area contributed by atoms with Gasteiger partial charge >= 0.3 is 5.97 Å². The van der Waals surface area contributed by atoms with Gasteiger partial charge in [-0.1, -0.05) is 0 Å². The van der Waals surface area contributed by atoms with Crippen molar-refractivity contribution in [1.29, 1.82) is 0 Å². The second-order valence-corrected chi connectivity index (χ2v) is 3.46. The maximum Gasteiger partial charge on any atom is 0.356 e. The number of hydrogen-bond donors (Lipinski definition) is 1. The minimum absolute atomic E-state index is 0.106. The minimum Gasteiger partial charge on any atom is -0.476 e. The van der Waals surface area contributed by atoms with E-state index < -0.39 is 5.97 Å². The van der Waals surface area contributed by atoms with Crippen LogP contribution in [0.5, 0.6) is 0 Å². The summed E-state index contributed by atoms with van der Waals surface area (Å²) < 4.78 is 1.80. The number of hydrogen-bond acceptors (Lipinski definition) is 3. The molecule has 0 aliphatic rings. The lowest BCUT2D eigenvalue weighted by Crippen LogP contribution is -2.14. The Bertz CT molecular complexity index is 307. The molecule has 0 spiro atoms. The predicted molar refractivity (Wildman–Crippen MR) is 52.4 cm³/mol. The molecule has 78 valence electrons. The fourth-order valence-corrected chi connectivity index (χ4v) is 1.16. The van der Waals surface area contributed by atoms with E-state index in [1.807, 2.05) is 14.1 Å². The summed E-state index contributed by atoms with van der Waals surface area (Å²) in [4.78, 5) is 16.4. The van der Waals surface area contributed by atoms with Crippen LogP contribution in [0.2, 0.25) is 0 Å². The van der Waals surface area contributed by atoms with Crippen molar-refractivity contribution < 1.29 is 9.90 Å². The molecular weight excluding hydrogens is 182 g/mol. The lowest BCUT2D eigenvalue weighted by atomic mass is 10.4. The molecule has 0 saturated carbocycles. The highest BCUT2D eigenvalue weighted by Crippen LogP contribution is 1.97. The van der Waals surface area contributed by atoms with Crippen LogP contribution in [0.4, 0.5) is 0 Å². The summed E-state index contributed by atoms with van der Waals surface area (Å²) in [6, 6.07) is 0. The van der Waals surface area contributed by atoms with Crippen molar-refractivity contribution >= 4 is 5.97 Å². The smallest absolute Gasteiger partial charge is 0.356 e. The van der Waals surface area contributed by atoms with Crippen LogP contribution in [-0.4, -0.2) is 46.2 Å². The largest absolute Gasteiger partial charge is 0.476 e. The van der Waals surface area contributed by atoms with Crippen LogP contribution in [-0.2, 0) is 6.54 Å². The van der Waals surface area contributed by atoms with Gasteiger partial charge in [-0.25, -0.2) is 9.78 Å². The van der Waals surface area contributed by atoms with E-state index in [0.29, 0.717) is 0 Å². The summed E-state index contributed by atoms with van der Waals surface area (Å²) in [6.45, 7) is 1.79. The minimum atomic E-state index is -0.976. The molecule has 0 bridgehead atoms. The van der Waals surface area contributed by atoms with Crippen LogP contribution >= 0.6 is 0 Å². The molecule has 0 unspecified atom stereocenters. The highest BCUT2D eigenvalue weighted by Gasteiger charge is 2.05. The van der Waals surface area contributed by atoms with Crippen molar-refractivity contribution in [1.82, 2.24) is 14.5 Å². The van der Waals surface area contributed by atoms with Gasteiger partial charge in [0.25, 0.3) is 0 Å². The molecular formula is C9H15N3O2. The van der Waals surface area contributed by atoms with Crippen LogP contribution in [0.15, 0.2) is 12.5 Å². The van der Waals surface area contributed by atoms with Crippen LogP contribution in [0, 0.1) is 0 Å². The molecule has 1 aromatic heterocycles. The number of aryl methyl sites for hydroxylation is 1. The maximum absolute atomic E-state index is 10.5. The summed E-state index contributed by atoms with van der Waals surface area (Å²) in [5, 5.41) is 8.63. The Morgan fingerprint density at radius 2 is 2.36 bits per heavy atom. The normalized spacial score (nSPS) is 10.8. The summed E-state index contributed by atoms with van der Waals surface area (Å²) >= 11 is 0. The van der Waals surface area contributed by atoms with E-state index >= 15 is 0 Å². The average Bonchev–Trinajstić information content (AvgIpc) is 2.52. The fourth-order valence-electron chi connectivity index (χ4n) is 1.16.